The third-order valence-corrected chi connectivity index (χ3v) is 3.43. The van der Waals surface area contributed by atoms with Gasteiger partial charge in [0.25, 0.3) is 0 Å². The summed E-state index contributed by atoms with van der Waals surface area (Å²) in [6.45, 7) is 4.35. The highest BCUT2D eigenvalue weighted by Crippen LogP contribution is 2.28. The van der Waals surface area contributed by atoms with Crippen LogP contribution in [-0.2, 0) is 14.3 Å². The van der Waals surface area contributed by atoms with Crippen LogP contribution in [0.4, 0.5) is 5.69 Å². The molecule has 6 heteroatoms. The first-order valence-corrected chi connectivity index (χ1v) is 6.73. The monoisotopic (exact) mass is 294 g/mol. The molecule has 1 heterocycles. The van der Waals surface area contributed by atoms with Crippen molar-refractivity contribution in [1.29, 1.82) is 5.26 Å². The van der Waals surface area contributed by atoms with Crippen molar-refractivity contribution in [2.75, 3.05) is 18.1 Å². The lowest BCUT2D eigenvalue weighted by Crippen LogP contribution is -2.30. The van der Waals surface area contributed by atoms with E-state index >= 15 is 0 Å². The number of hydrogen-bond acceptors (Lipinski definition) is 5. The van der Waals surface area contributed by atoms with E-state index in [1.807, 2.05) is 17.9 Å². The second-order valence-electron chi connectivity index (χ2n) is 4.40. The van der Waals surface area contributed by atoms with E-state index in [0.29, 0.717) is 23.7 Å². The van der Waals surface area contributed by atoms with Crippen LogP contribution in [0, 0.1) is 11.3 Å². The van der Waals surface area contributed by atoms with E-state index in [-0.39, 0.29) is 12.2 Å². The van der Waals surface area contributed by atoms with Crippen molar-refractivity contribution in [3.05, 3.63) is 28.8 Å². The average Bonchev–Trinajstić information content (AvgIpc) is 2.81. The van der Waals surface area contributed by atoms with Crippen LogP contribution in [0.3, 0.4) is 0 Å². The van der Waals surface area contributed by atoms with Gasteiger partial charge in [-0.2, -0.15) is 5.26 Å². The minimum atomic E-state index is -0.598. The Morgan fingerprint density at radius 3 is 3.00 bits per heavy atom. The van der Waals surface area contributed by atoms with Crippen LogP contribution in [0.2, 0.25) is 5.02 Å². The maximum atomic E-state index is 11.7. The lowest BCUT2D eigenvalue weighted by molar-refractivity contribution is -0.154. The molecule has 0 amide bonds. The Labute approximate surface area is 122 Å². The van der Waals surface area contributed by atoms with Gasteiger partial charge in [-0.3, -0.25) is 0 Å². The fourth-order valence-electron chi connectivity index (χ4n) is 2.14. The number of nitrogens with zero attached hydrogens (tertiary/aromatic N) is 2. The molecule has 2 atom stereocenters. The third kappa shape index (κ3) is 2.87. The molecule has 0 aromatic heterocycles. The summed E-state index contributed by atoms with van der Waals surface area (Å²) < 4.78 is 10.5. The van der Waals surface area contributed by atoms with Gasteiger partial charge in [0, 0.05) is 5.69 Å². The molecule has 0 radical (unpaired) electrons. The fourth-order valence-corrected chi connectivity index (χ4v) is 2.35. The van der Waals surface area contributed by atoms with E-state index in [1.54, 1.807) is 25.1 Å². The Morgan fingerprint density at radius 1 is 1.65 bits per heavy atom. The summed E-state index contributed by atoms with van der Waals surface area (Å²) in [4.78, 5) is 13.6. The van der Waals surface area contributed by atoms with E-state index in [0.717, 1.165) is 5.69 Å². The van der Waals surface area contributed by atoms with Crippen LogP contribution >= 0.6 is 11.6 Å². The summed E-state index contributed by atoms with van der Waals surface area (Å²) in [5.41, 5.74) is 1.23. The molecule has 1 fully saturated rings. The molecule has 1 saturated heterocycles. The number of carbonyl (C=O) groups is 1. The molecular formula is C14H15ClN2O3. The van der Waals surface area contributed by atoms with Gasteiger partial charge in [-0.15, -0.1) is 0 Å². The van der Waals surface area contributed by atoms with Crippen molar-refractivity contribution in [1.82, 2.24) is 0 Å². The fraction of sp³-hybridized carbons (Fsp3) is 0.429. The van der Waals surface area contributed by atoms with Gasteiger partial charge in [-0.25, -0.2) is 4.79 Å². The Bertz CT molecular complexity index is 556. The summed E-state index contributed by atoms with van der Waals surface area (Å²) in [5, 5.41) is 9.25. The lowest BCUT2D eigenvalue weighted by Gasteiger charge is -2.21. The van der Waals surface area contributed by atoms with Crippen molar-refractivity contribution in [2.45, 2.75) is 26.2 Å². The molecule has 0 unspecified atom stereocenters. The average molecular weight is 295 g/mol. The molecule has 0 N–H and O–H groups in total. The summed E-state index contributed by atoms with van der Waals surface area (Å²) in [6.07, 6.45) is -0.854. The zero-order chi connectivity index (χ0) is 14.7. The lowest BCUT2D eigenvalue weighted by atomic mass is 10.2. The van der Waals surface area contributed by atoms with Gasteiger partial charge >= 0.3 is 5.97 Å². The Morgan fingerprint density at radius 2 is 2.40 bits per heavy atom. The first-order valence-electron chi connectivity index (χ1n) is 6.35. The van der Waals surface area contributed by atoms with E-state index in [4.69, 9.17) is 26.3 Å². The van der Waals surface area contributed by atoms with Crippen molar-refractivity contribution in [3.8, 4) is 6.07 Å². The van der Waals surface area contributed by atoms with E-state index in [1.165, 1.54) is 0 Å². The summed E-state index contributed by atoms with van der Waals surface area (Å²) in [7, 11) is 0. The SMILES string of the molecule is CCOC(=O)[C@@H]1CN(c2ccc(C#N)c(Cl)c2)[C@@H](C)O1. The highest BCUT2D eigenvalue weighted by molar-refractivity contribution is 6.32. The molecule has 106 valence electrons. The van der Waals surface area contributed by atoms with Crippen LogP contribution < -0.4 is 4.90 Å². The number of rotatable bonds is 3. The molecule has 1 aromatic carbocycles. The number of nitriles is 1. The van der Waals surface area contributed by atoms with E-state index in [9.17, 15) is 4.79 Å². The minimum Gasteiger partial charge on any atom is -0.464 e. The first kappa shape index (κ1) is 14.6. The van der Waals surface area contributed by atoms with E-state index < -0.39 is 6.10 Å². The molecule has 0 spiro atoms. The second kappa shape index (κ2) is 6.12. The van der Waals surface area contributed by atoms with Gasteiger partial charge in [0.05, 0.1) is 23.7 Å². The molecule has 0 bridgehead atoms. The molecule has 1 aliphatic rings. The van der Waals surface area contributed by atoms with Gasteiger partial charge in [0.1, 0.15) is 12.3 Å². The molecule has 2 rings (SSSR count). The standard InChI is InChI=1S/C14H15ClN2O3/c1-3-19-14(18)13-8-17(9(2)20-13)11-5-4-10(7-16)12(15)6-11/h4-6,9,13H,3,8H2,1-2H3/t9-,13+/m1/s1. The van der Waals surface area contributed by atoms with Crippen LogP contribution in [0.15, 0.2) is 18.2 Å². The zero-order valence-corrected chi connectivity index (χ0v) is 12.1. The Kier molecular flexibility index (Phi) is 4.48. The van der Waals surface area contributed by atoms with Crippen LogP contribution in [-0.4, -0.2) is 31.5 Å². The van der Waals surface area contributed by atoms with Gasteiger partial charge in [-0.05, 0) is 32.0 Å². The molecule has 1 aliphatic heterocycles. The molecule has 20 heavy (non-hydrogen) atoms. The van der Waals surface area contributed by atoms with Crippen LogP contribution in [0.25, 0.3) is 0 Å². The molecule has 0 aliphatic carbocycles. The summed E-state index contributed by atoms with van der Waals surface area (Å²) >= 11 is 6.02. The minimum absolute atomic E-state index is 0.256. The van der Waals surface area contributed by atoms with Gasteiger partial charge < -0.3 is 14.4 Å². The van der Waals surface area contributed by atoms with Crippen molar-refractivity contribution in [3.63, 3.8) is 0 Å². The number of ether oxygens (including phenoxy) is 2. The predicted octanol–water partition coefficient (Wildman–Crippen LogP) is 2.33. The number of benzene rings is 1. The van der Waals surface area contributed by atoms with Gasteiger partial charge in [-0.1, -0.05) is 11.6 Å². The first-order chi connectivity index (χ1) is 9.56. The maximum absolute atomic E-state index is 11.7. The van der Waals surface area contributed by atoms with Crippen LogP contribution in [0.5, 0.6) is 0 Å². The molecule has 0 saturated carbocycles. The topological polar surface area (TPSA) is 62.6 Å². The Hall–Kier alpha value is -1.77. The Balaban J connectivity index is 2.16. The zero-order valence-electron chi connectivity index (χ0n) is 11.3. The number of carbonyl (C=O) groups excluding carboxylic acids is 1. The predicted molar refractivity (Wildman–Crippen MR) is 74.5 cm³/mol. The quantitative estimate of drug-likeness (QED) is 0.801. The molecule has 1 aromatic rings. The largest absolute Gasteiger partial charge is 0.464 e. The van der Waals surface area contributed by atoms with E-state index in [2.05, 4.69) is 0 Å². The third-order valence-electron chi connectivity index (χ3n) is 3.12. The number of esters is 1. The normalized spacial score (nSPS) is 21.6. The smallest absolute Gasteiger partial charge is 0.337 e. The number of halogens is 1. The van der Waals surface area contributed by atoms with Crippen molar-refractivity contribution < 1.29 is 14.3 Å². The summed E-state index contributed by atoms with van der Waals surface area (Å²) in [5.74, 6) is -0.360. The second-order valence-corrected chi connectivity index (χ2v) is 4.81. The van der Waals surface area contributed by atoms with Crippen molar-refractivity contribution in [2.24, 2.45) is 0 Å². The number of hydrogen-bond donors (Lipinski definition) is 0. The number of anilines is 1. The van der Waals surface area contributed by atoms with Crippen LogP contribution in [0.1, 0.15) is 19.4 Å². The van der Waals surface area contributed by atoms with Gasteiger partial charge in [0.2, 0.25) is 0 Å². The highest BCUT2D eigenvalue weighted by Gasteiger charge is 2.35. The van der Waals surface area contributed by atoms with Gasteiger partial charge in [0.15, 0.2) is 6.10 Å². The maximum Gasteiger partial charge on any atom is 0.337 e. The van der Waals surface area contributed by atoms with Crippen molar-refractivity contribution >= 4 is 23.3 Å². The summed E-state index contributed by atoms with van der Waals surface area (Å²) in [6, 6.07) is 7.16. The molecule has 5 nitrogen and oxygen atoms in total. The highest BCUT2D eigenvalue weighted by atomic mass is 35.5. The molecular weight excluding hydrogens is 280 g/mol.